The third kappa shape index (κ3) is 5.82. The first-order valence-electron chi connectivity index (χ1n) is 15.3. The minimum Gasteiger partial charge on any atom is -0.492 e. The number of aryl methyl sites for hydroxylation is 1. The molecule has 0 aliphatic carbocycles. The van der Waals surface area contributed by atoms with Gasteiger partial charge >= 0.3 is 12.0 Å². The van der Waals surface area contributed by atoms with Crippen LogP contribution >= 0.6 is 0 Å². The number of ether oxygens (including phenoxy) is 4. The number of hydrogen-bond acceptors (Lipinski definition) is 8. The summed E-state index contributed by atoms with van der Waals surface area (Å²) in [5.41, 5.74) is 6.02. The van der Waals surface area contributed by atoms with Crippen molar-refractivity contribution >= 4 is 27.6 Å². The number of nitrogens with zero attached hydrogens (tertiary/aromatic N) is 3. The van der Waals surface area contributed by atoms with Crippen LogP contribution in [0.5, 0.6) is 23.4 Å². The fraction of sp³-hybridized carbons (Fsp3) is 0.333. The molecule has 0 radical (unpaired) electrons. The van der Waals surface area contributed by atoms with Gasteiger partial charge in [0.1, 0.15) is 17.1 Å². The number of aromatic nitrogens is 3. The van der Waals surface area contributed by atoms with Crippen LogP contribution in [0.1, 0.15) is 51.3 Å². The number of carboxylic acids is 1. The van der Waals surface area contributed by atoms with E-state index in [2.05, 4.69) is 16.0 Å². The van der Waals surface area contributed by atoms with Crippen LogP contribution in [-0.4, -0.2) is 51.4 Å². The number of aliphatic carboxylic acids is 1. The van der Waals surface area contributed by atoms with Crippen molar-refractivity contribution in [2.75, 3.05) is 19.8 Å². The molecule has 1 aliphatic rings. The molecule has 0 saturated carbocycles. The molecule has 0 atom stereocenters. The molecule has 3 heterocycles. The van der Waals surface area contributed by atoms with E-state index in [0.717, 1.165) is 67.2 Å². The van der Waals surface area contributed by atoms with Gasteiger partial charge in [-0.15, -0.1) is 0 Å². The van der Waals surface area contributed by atoms with Crippen LogP contribution in [0.25, 0.3) is 43.9 Å². The summed E-state index contributed by atoms with van der Waals surface area (Å²) in [4.78, 5) is 26.0. The molecule has 45 heavy (non-hydrogen) atoms. The van der Waals surface area contributed by atoms with Gasteiger partial charge in [0.25, 0.3) is 0 Å². The number of pyridine rings is 1. The summed E-state index contributed by atoms with van der Waals surface area (Å²) < 4.78 is 24.1. The molecule has 9 nitrogen and oxygen atoms in total. The molecule has 232 valence electrons. The van der Waals surface area contributed by atoms with Crippen LogP contribution < -0.4 is 18.9 Å². The van der Waals surface area contributed by atoms with Gasteiger partial charge in [0, 0.05) is 30.3 Å². The second kappa shape index (κ2) is 11.9. The van der Waals surface area contributed by atoms with E-state index in [9.17, 15) is 9.90 Å². The van der Waals surface area contributed by atoms with Gasteiger partial charge in [0.2, 0.25) is 5.88 Å². The molecule has 3 aromatic carbocycles. The van der Waals surface area contributed by atoms with Gasteiger partial charge in [0.05, 0.1) is 42.9 Å². The molecule has 1 aliphatic heterocycles. The molecule has 0 saturated heterocycles. The predicted molar refractivity (Wildman–Crippen MR) is 174 cm³/mol. The van der Waals surface area contributed by atoms with Crippen LogP contribution in [0, 0.1) is 6.92 Å². The number of carboxylic acid groups (broad SMARTS) is 1. The second-order valence-corrected chi connectivity index (χ2v) is 12.0. The van der Waals surface area contributed by atoms with Crippen molar-refractivity contribution in [3.8, 4) is 45.6 Å². The highest BCUT2D eigenvalue weighted by atomic mass is 16.5. The van der Waals surface area contributed by atoms with E-state index in [1.165, 1.54) is 0 Å². The van der Waals surface area contributed by atoms with Gasteiger partial charge < -0.3 is 24.1 Å². The maximum absolute atomic E-state index is 12.3. The topological polar surface area (TPSA) is 113 Å². The van der Waals surface area contributed by atoms with Gasteiger partial charge in [-0.25, -0.2) is 4.98 Å². The second-order valence-electron chi connectivity index (χ2n) is 12.0. The molecular weight excluding hydrogens is 570 g/mol. The summed E-state index contributed by atoms with van der Waals surface area (Å²) in [6.45, 7) is 13.2. The zero-order chi connectivity index (χ0) is 31.9. The van der Waals surface area contributed by atoms with Crippen LogP contribution in [-0.2, 0) is 17.6 Å². The zero-order valence-electron chi connectivity index (χ0n) is 26.5. The summed E-state index contributed by atoms with van der Waals surface area (Å²) >= 11 is 0. The van der Waals surface area contributed by atoms with E-state index in [1.807, 2.05) is 78.1 Å². The maximum Gasteiger partial charge on any atom is 0.319 e. The number of hydrogen-bond donors (Lipinski definition) is 1. The number of benzene rings is 3. The molecule has 6 rings (SSSR count). The lowest BCUT2D eigenvalue weighted by Crippen LogP contribution is -2.24. The molecular formula is C36H37N3O6. The van der Waals surface area contributed by atoms with Crippen molar-refractivity contribution < 1.29 is 28.8 Å². The average Bonchev–Trinajstić information content (AvgIpc) is 2.98. The zero-order valence-corrected chi connectivity index (χ0v) is 26.5. The first kappa shape index (κ1) is 30.1. The quantitative estimate of drug-likeness (QED) is 0.184. The van der Waals surface area contributed by atoms with Crippen LogP contribution in [0.4, 0.5) is 0 Å². The highest BCUT2D eigenvalue weighted by Gasteiger charge is 2.28. The highest BCUT2D eigenvalue weighted by Crippen LogP contribution is 2.49. The summed E-state index contributed by atoms with van der Waals surface area (Å²) in [6.07, 6.45) is 4.12. The largest absolute Gasteiger partial charge is 0.492 e. The van der Waals surface area contributed by atoms with Gasteiger partial charge in [-0.1, -0.05) is 18.2 Å². The Morgan fingerprint density at radius 3 is 2.56 bits per heavy atom. The van der Waals surface area contributed by atoms with Crippen molar-refractivity contribution in [2.45, 2.75) is 60.0 Å². The molecule has 0 bridgehead atoms. The van der Waals surface area contributed by atoms with E-state index < -0.39 is 11.6 Å². The van der Waals surface area contributed by atoms with Crippen molar-refractivity contribution in [3.05, 3.63) is 65.5 Å². The first-order chi connectivity index (χ1) is 21.6. The molecule has 0 fully saturated rings. The minimum atomic E-state index is -0.916. The van der Waals surface area contributed by atoms with Crippen molar-refractivity contribution in [2.24, 2.45) is 0 Å². The average molecular weight is 608 g/mol. The summed E-state index contributed by atoms with van der Waals surface area (Å²) in [7, 11) is 0. The Morgan fingerprint density at radius 1 is 1.02 bits per heavy atom. The third-order valence-corrected chi connectivity index (χ3v) is 7.72. The van der Waals surface area contributed by atoms with Crippen LogP contribution in [0.3, 0.4) is 0 Å². The van der Waals surface area contributed by atoms with Gasteiger partial charge in [-0.2, -0.15) is 4.98 Å². The molecule has 1 N–H and O–H groups in total. The Bertz CT molecular complexity index is 1950. The normalized spacial score (nSPS) is 12.7. The minimum absolute atomic E-state index is 0.158. The number of rotatable bonds is 9. The molecule has 2 aromatic heterocycles. The van der Waals surface area contributed by atoms with Crippen LogP contribution in [0.2, 0.25) is 0 Å². The molecule has 5 aromatic rings. The molecule has 0 spiro atoms. The molecule has 9 heteroatoms. The summed E-state index contributed by atoms with van der Waals surface area (Å²) in [5, 5.41) is 12.8. The number of fused-ring (bicyclic) bond motifs is 1. The maximum atomic E-state index is 12.3. The van der Waals surface area contributed by atoms with E-state index >= 15 is 0 Å². The van der Waals surface area contributed by atoms with E-state index in [1.54, 1.807) is 6.20 Å². The monoisotopic (exact) mass is 607 g/mol. The van der Waals surface area contributed by atoms with E-state index in [-0.39, 0.29) is 12.4 Å². The van der Waals surface area contributed by atoms with Crippen molar-refractivity contribution in [1.82, 2.24) is 15.0 Å². The van der Waals surface area contributed by atoms with Gasteiger partial charge in [-0.05, 0) is 92.3 Å². The molecule has 0 amide bonds. The Labute approximate surface area is 262 Å². The summed E-state index contributed by atoms with van der Waals surface area (Å²) in [6, 6.07) is 12.3. The Hall–Kier alpha value is -4.92. The Morgan fingerprint density at radius 2 is 1.82 bits per heavy atom. The van der Waals surface area contributed by atoms with Crippen LogP contribution in [0.15, 0.2) is 48.8 Å². The Balaban J connectivity index is 1.67. The lowest BCUT2D eigenvalue weighted by molar-refractivity contribution is -0.136. The fourth-order valence-corrected chi connectivity index (χ4v) is 6.01. The first-order valence-corrected chi connectivity index (χ1v) is 15.3. The Kier molecular flexibility index (Phi) is 7.95. The van der Waals surface area contributed by atoms with Crippen molar-refractivity contribution in [1.29, 1.82) is 0 Å². The third-order valence-electron chi connectivity index (χ3n) is 7.72. The smallest absolute Gasteiger partial charge is 0.319 e. The SMILES string of the molecule is CCOc1ncc(-c2ccc3c(-c4c(OC(C)(C)C)cc5c6c(ccnc46)CCO5)c(CC(=O)O)c(C)cc3c2)c(OCC)n1. The van der Waals surface area contributed by atoms with E-state index in [0.29, 0.717) is 37.0 Å². The summed E-state index contributed by atoms with van der Waals surface area (Å²) in [5.74, 6) is 0.835. The predicted octanol–water partition coefficient (Wildman–Crippen LogP) is 7.36. The number of carbonyl (C=O) groups is 1. The standard InChI is InChI=1S/C36H37N3O6/c1-7-42-34-26(19-38-35(39-34)43-8-2)22-9-10-24-23(16-22)15-20(3)25(17-29(40)41)31(24)32-28(45-36(4,5)6)18-27-30-21(12-14-44-27)11-13-37-33(30)32/h9-11,13,15-16,18-19H,7-8,12,14,17H2,1-6H3,(H,40,41). The molecule has 0 unspecified atom stereocenters. The van der Waals surface area contributed by atoms with E-state index in [4.69, 9.17) is 23.9 Å². The van der Waals surface area contributed by atoms with Crippen molar-refractivity contribution in [3.63, 3.8) is 0 Å². The lowest BCUT2D eigenvalue weighted by atomic mass is 9.85. The lowest BCUT2D eigenvalue weighted by Gasteiger charge is -2.28. The van der Waals surface area contributed by atoms with Gasteiger partial charge in [-0.3, -0.25) is 9.78 Å². The highest BCUT2D eigenvalue weighted by molar-refractivity contribution is 6.11. The van der Waals surface area contributed by atoms with Gasteiger partial charge in [0.15, 0.2) is 0 Å². The fourth-order valence-electron chi connectivity index (χ4n) is 6.01.